The minimum absolute atomic E-state index is 0.117. The topological polar surface area (TPSA) is 62.5 Å². The molecule has 0 bridgehead atoms. The highest BCUT2D eigenvalue weighted by Crippen LogP contribution is 2.50. The molecule has 0 N–H and O–H groups in total. The molecular weight excluding hydrogens is 328 g/mol. The molecular formula is C20H26N4O2. The van der Waals surface area contributed by atoms with E-state index in [1.54, 1.807) is 0 Å². The van der Waals surface area contributed by atoms with Crippen LogP contribution in [0.4, 0.5) is 0 Å². The van der Waals surface area contributed by atoms with Gasteiger partial charge in [-0.2, -0.15) is 4.98 Å². The molecule has 26 heavy (non-hydrogen) atoms. The molecule has 1 aromatic carbocycles. The van der Waals surface area contributed by atoms with Gasteiger partial charge in [0.2, 0.25) is 17.6 Å². The summed E-state index contributed by atoms with van der Waals surface area (Å²) < 4.78 is 5.73. The Kier molecular flexibility index (Phi) is 4.31. The summed E-state index contributed by atoms with van der Waals surface area (Å²) in [5.74, 6) is 1.93. The number of carbonyl (C=O) groups excluding carboxylic acids is 1. The van der Waals surface area contributed by atoms with Crippen molar-refractivity contribution in [3.63, 3.8) is 0 Å². The van der Waals surface area contributed by atoms with E-state index in [1.165, 1.54) is 0 Å². The van der Waals surface area contributed by atoms with Gasteiger partial charge in [0.05, 0.1) is 11.5 Å². The van der Waals surface area contributed by atoms with Crippen LogP contribution in [-0.4, -0.2) is 59.1 Å². The zero-order valence-electron chi connectivity index (χ0n) is 15.7. The van der Waals surface area contributed by atoms with Gasteiger partial charge in [0, 0.05) is 18.7 Å². The first-order chi connectivity index (χ1) is 12.5. The highest BCUT2D eigenvalue weighted by molar-refractivity contribution is 5.82. The van der Waals surface area contributed by atoms with Crippen molar-refractivity contribution in [2.45, 2.75) is 37.6 Å². The maximum Gasteiger partial charge on any atom is 0.239 e. The number of hydrogen-bond donors (Lipinski definition) is 0. The molecule has 1 aliphatic carbocycles. The number of carbonyl (C=O) groups is 1. The Bertz CT molecular complexity index is 788. The molecule has 2 heterocycles. The van der Waals surface area contributed by atoms with Crippen LogP contribution in [0.3, 0.4) is 0 Å². The van der Waals surface area contributed by atoms with Crippen LogP contribution in [0.2, 0.25) is 0 Å². The quantitative estimate of drug-likeness (QED) is 0.844. The number of aromatic nitrogens is 2. The Morgan fingerprint density at radius 2 is 2.12 bits per heavy atom. The van der Waals surface area contributed by atoms with Crippen molar-refractivity contribution in [2.75, 3.05) is 27.2 Å². The molecule has 0 spiro atoms. The van der Waals surface area contributed by atoms with E-state index < -0.39 is 0 Å². The molecule has 6 heteroatoms. The van der Waals surface area contributed by atoms with Crippen molar-refractivity contribution in [1.82, 2.24) is 19.9 Å². The van der Waals surface area contributed by atoms with E-state index >= 15 is 0 Å². The van der Waals surface area contributed by atoms with E-state index in [9.17, 15) is 4.79 Å². The third-order valence-corrected chi connectivity index (χ3v) is 6.20. The lowest BCUT2D eigenvalue weighted by Gasteiger charge is -2.27. The first-order valence-electron chi connectivity index (χ1n) is 9.36. The Balaban J connectivity index is 1.61. The number of likely N-dealkylation sites (N-methyl/N-ethyl adjacent to an activating group) is 1. The second kappa shape index (κ2) is 6.50. The summed E-state index contributed by atoms with van der Waals surface area (Å²) in [6, 6.07) is 9.78. The van der Waals surface area contributed by atoms with Gasteiger partial charge in [-0.15, -0.1) is 0 Å². The Morgan fingerprint density at radius 1 is 1.35 bits per heavy atom. The van der Waals surface area contributed by atoms with E-state index in [4.69, 9.17) is 9.51 Å². The van der Waals surface area contributed by atoms with Crippen LogP contribution >= 0.6 is 0 Å². The summed E-state index contributed by atoms with van der Waals surface area (Å²) in [6.07, 6.45) is 3.27. The first-order valence-corrected chi connectivity index (χ1v) is 9.36. The lowest BCUT2D eigenvalue weighted by molar-refractivity contribution is -0.134. The van der Waals surface area contributed by atoms with Crippen LogP contribution in [0.25, 0.3) is 11.4 Å². The maximum absolute atomic E-state index is 12.8. The van der Waals surface area contributed by atoms with E-state index in [0.717, 1.165) is 31.4 Å². The zero-order valence-corrected chi connectivity index (χ0v) is 15.7. The largest absolute Gasteiger partial charge is 0.340 e. The number of amides is 1. The number of rotatable bonds is 4. The van der Waals surface area contributed by atoms with Gasteiger partial charge < -0.3 is 9.42 Å². The third kappa shape index (κ3) is 2.72. The van der Waals surface area contributed by atoms with Gasteiger partial charge in [-0.1, -0.05) is 41.9 Å². The van der Waals surface area contributed by atoms with Crippen LogP contribution in [0.5, 0.6) is 0 Å². The van der Waals surface area contributed by atoms with Crippen LogP contribution in [0.15, 0.2) is 34.9 Å². The molecule has 2 aliphatic rings. The summed E-state index contributed by atoms with van der Waals surface area (Å²) in [6.45, 7) is 3.44. The normalized spacial score (nSPS) is 26.3. The van der Waals surface area contributed by atoms with Crippen molar-refractivity contribution in [3.8, 4) is 11.4 Å². The smallest absolute Gasteiger partial charge is 0.239 e. The molecule has 0 radical (unpaired) electrons. The SMILES string of the molecule is C[C@@H](C(=O)N1C[C@H]2CCC[C@@]2(c2nc(-c3ccccc3)no2)C1)N(C)C. The van der Waals surface area contributed by atoms with Crippen molar-refractivity contribution in [2.24, 2.45) is 5.92 Å². The fourth-order valence-electron chi connectivity index (χ4n) is 4.42. The van der Waals surface area contributed by atoms with Gasteiger partial charge in [0.25, 0.3) is 0 Å². The molecule has 2 aromatic rings. The molecule has 2 fully saturated rings. The zero-order chi connectivity index (χ0) is 18.3. The minimum Gasteiger partial charge on any atom is -0.340 e. The molecule has 4 rings (SSSR count). The summed E-state index contributed by atoms with van der Waals surface area (Å²) in [4.78, 5) is 21.5. The van der Waals surface area contributed by atoms with E-state index in [-0.39, 0.29) is 17.4 Å². The van der Waals surface area contributed by atoms with Gasteiger partial charge in [-0.3, -0.25) is 9.69 Å². The summed E-state index contributed by atoms with van der Waals surface area (Å²) in [7, 11) is 3.89. The van der Waals surface area contributed by atoms with Crippen LogP contribution in [0.1, 0.15) is 32.1 Å². The number of fused-ring (bicyclic) bond motifs is 1. The van der Waals surface area contributed by atoms with Crippen molar-refractivity contribution < 1.29 is 9.32 Å². The molecule has 138 valence electrons. The highest BCUT2D eigenvalue weighted by Gasteiger charge is 2.55. The average Bonchev–Trinajstić information content (AvgIpc) is 3.34. The molecule has 3 atom stereocenters. The van der Waals surface area contributed by atoms with Crippen molar-refractivity contribution in [3.05, 3.63) is 36.2 Å². The van der Waals surface area contributed by atoms with Crippen LogP contribution in [0, 0.1) is 5.92 Å². The van der Waals surface area contributed by atoms with E-state index in [0.29, 0.717) is 24.2 Å². The molecule has 6 nitrogen and oxygen atoms in total. The van der Waals surface area contributed by atoms with Gasteiger partial charge in [-0.05, 0) is 39.8 Å². The molecule has 1 amide bonds. The standard InChI is InChI=1S/C20H26N4O2/c1-14(23(2)3)18(25)24-12-16-10-7-11-20(16,13-24)19-21-17(22-26-19)15-8-5-4-6-9-15/h4-6,8-9,14,16H,7,10-13H2,1-3H3/t14-,16+,20+/m0/s1. The fourth-order valence-corrected chi connectivity index (χ4v) is 4.42. The van der Waals surface area contributed by atoms with Crippen molar-refractivity contribution >= 4 is 5.91 Å². The first kappa shape index (κ1) is 17.2. The summed E-state index contributed by atoms with van der Waals surface area (Å²) >= 11 is 0. The number of nitrogens with zero attached hydrogens (tertiary/aromatic N) is 4. The summed E-state index contributed by atoms with van der Waals surface area (Å²) in [5, 5.41) is 4.22. The van der Waals surface area contributed by atoms with Crippen molar-refractivity contribution in [1.29, 1.82) is 0 Å². The summed E-state index contributed by atoms with van der Waals surface area (Å²) in [5.41, 5.74) is 0.780. The monoisotopic (exact) mass is 354 g/mol. The third-order valence-electron chi connectivity index (χ3n) is 6.20. The molecule has 1 aliphatic heterocycles. The Morgan fingerprint density at radius 3 is 2.85 bits per heavy atom. The molecule has 1 saturated heterocycles. The lowest BCUT2D eigenvalue weighted by Crippen LogP contribution is -2.44. The minimum atomic E-state index is -0.179. The second-order valence-electron chi connectivity index (χ2n) is 7.89. The molecule has 1 aromatic heterocycles. The number of benzene rings is 1. The Labute approximate surface area is 154 Å². The van der Waals surface area contributed by atoms with E-state index in [2.05, 4.69) is 5.16 Å². The average molecular weight is 354 g/mol. The fraction of sp³-hybridized carbons (Fsp3) is 0.550. The van der Waals surface area contributed by atoms with Gasteiger partial charge in [0.1, 0.15) is 0 Å². The highest BCUT2D eigenvalue weighted by atomic mass is 16.5. The maximum atomic E-state index is 12.8. The number of hydrogen-bond acceptors (Lipinski definition) is 5. The number of likely N-dealkylation sites (tertiary alicyclic amines) is 1. The van der Waals surface area contributed by atoms with Crippen LogP contribution in [-0.2, 0) is 10.2 Å². The predicted octanol–water partition coefficient (Wildman–Crippen LogP) is 2.57. The predicted molar refractivity (Wildman–Crippen MR) is 98.5 cm³/mol. The lowest BCUT2D eigenvalue weighted by atomic mass is 9.80. The Hall–Kier alpha value is -2.21. The second-order valence-corrected chi connectivity index (χ2v) is 7.89. The van der Waals surface area contributed by atoms with Gasteiger partial charge in [0.15, 0.2) is 0 Å². The molecule has 1 saturated carbocycles. The van der Waals surface area contributed by atoms with E-state index in [1.807, 2.05) is 61.2 Å². The van der Waals surface area contributed by atoms with Gasteiger partial charge in [-0.25, -0.2) is 0 Å². The van der Waals surface area contributed by atoms with Gasteiger partial charge >= 0.3 is 0 Å². The van der Waals surface area contributed by atoms with Crippen LogP contribution < -0.4 is 0 Å². The molecule has 0 unspecified atom stereocenters.